The van der Waals surface area contributed by atoms with Crippen LogP contribution in [0.2, 0.25) is 5.02 Å². The molecule has 6 heteroatoms. The zero-order valence-corrected chi connectivity index (χ0v) is 10.0. The molecule has 1 heterocycles. The number of amides is 1. The fraction of sp³-hybridized carbons (Fsp3) is 0.364. The van der Waals surface area contributed by atoms with Crippen molar-refractivity contribution in [1.29, 1.82) is 0 Å². The quantitative estimate of drug-likeness (QED) is 0.712. The summed E-state index contributed by atoms with van der Waals surface area (Å²) in [7, 11) is 0. The summed E-state index contributed by atoms with van der Waals surface area (Å²) in [5.74, 6) is 0.460. The standard InChI is InChI=1S/C11H14ClN3O2/c12-7-4-9-10(17-6-11(16)15-9)5-8(7)14-3-1-2-13/h4-5,14H,1-3,6,13H2,(H,15,16). The van der Waals surface area contributed by atoms with E-state index in [1.54, 1.807) is 12.1 Å². The summed E-state index contributed by atoms with van der Waals surface area (Å²) in [6, 6.07) is 3.46. The Morgan fingerprint density at radius 1 is 1.53 bits per heavy atom. The van der Waals surface area contributed by atoms with Crippen molar-refractivity contribution < 1.29 is 9.53 Å². The third-order valence-electron chi connectivity index (χ3n) is 2.40. The Balaban J connectivity index is 2.16. The third kappa shape index (κ3) is 2.81. The predicted octanol–water partition coefficient (Wildman–Crippen LogP) is 1.43. The second-order valence-corrected chi connectivity index (χ2v) is 4.14. The molecule has 5 nitrogen and oxygen atoms in total. The summed E-state index contributed by atoms with van der Waals surface area (Å²) in [6.45, 7) is 1.42. The monoisotopic (exact) mass is 255 g/mol. The van der Waals surface area contributed by atoms with Gasteiger partial charge in [0.05, 0.1) is 16.4 Å². The fourth-order valence-electron chi connectivity index (χ4n) is 1.56. The first-order valence-corrected chi connectivity index (χ1v) is 5.78. The van der Waals surface area contributed by atoms with E-state index in [1.165, 1.54) is 0 Å². The smallest absolute Gasteiger partial charge is 0.262 e. The van der Waals surface area contributed by atoms with Crippen LogP contribution >= 0.6 is 11.6 Å². The van der Waals surface area contributed by atoms with Crippen molar-refractivity contribution in [2.75, 3.05) is 30.3 Å². The molecule has 2 rings (SSSR count). The van der Waals surface area contributed by atoms with Gasteiger partial charge in [0.1, 0.15) is 5.75 Å². The highest BCUT2D eigenvalue weighted by molar-refractivity contribution is 6.33. The minimum Gasteiger partial charge on any atom is -0.482 e. The van der Waals surface area contributed by atoms with Crippen molar-refractivity contribution in [1.82, 2.24) is 0 Å². The van der Waals surface area contributed by atoms with Gasteiger partial charge in [-0.3, -0.25) is 4.79 Å². The molecule has 1 amide bonds. The van der Waals surface area contributed by atoms with Gasteiger partial charge in [0.15, 0.2) is 6.61 Å². The number of carbonyl (C=O) groups is 1. The van der Waals surface area contributed by atoms with Crippen molar-refractivity contribution in [2.24, 2.45) is 5.73 Å². The van der Waals surface area contributed by atoms with Gasteiger partial charge in [-0.05, 0) is 19.0 Å². The minimum atomic E-state index is -0.169. The Bertz CT molecular complexity index is 437. The average Bonchev–Trinajstić information content (AvgIpc) is 2.30. The van der Waals surface area contributed by atoms with Gasteiger partial charge in [-0.2, -0.15) is 0 Å². The van der Waals surface area contributed by atoms with E-state index in [9.17, 15) is 4.79 Å². The molecular weight excluding hydrogens is 242 g/mol. The van der Waals surface area contributed by atoms with E-state index in [0.717, 1.165) is 18.7 Å². The number of nitrogens with one attached hydrogen (secondary N) is 2. The molecule has 0 unspecified atom stereocenters. The highest BCUT2D eigenvalue weighted by atomic mass is 35.5. The molecule has 0 bridgehead atoms. The van der Waals surface area contributed by atoms with Gasteiger partial charge >= 0.3 is 0 Å². The molecule has 0 atom stereocenters. The van der Waals surface area contributed by atoms with Crippen LogP contribution in [-0.4, -0.2) is 25.6 Å². The maximum atomic E-state index is 11.1. The number of rotatable bonds is 4. The van der Waals surface area contributed by atoms with Gasteiger partial charge in [-0.1, -0.05) is 11.6 Å². The first kappa shape index (κ1) is 12.0. The fourth-order valence-corrected chi connectivity index (χ4v) is 1.79. The Morgan fingerprint density at radius 2 is 2.35 bits per heavy atom. The van der Waals surface area contributed by atoms with Crippen LogP contribution in [0.1, 0.15) is 6.42 Å². The van der Waals surface area contributed by atoms with Gasteiger partial charge in [-0.15, -0.1) is 0 Å². The van der Waals surface area contributed by atoms with Crippen molar-refractivity contribution >= 4 is 28.9 Å². The minimum absolute atomic E-state index is 0.0386. The Morgan fingerprint density at radius 3 is 3.12 bits per heavy atom. The summed E-state index contributed by atoms with van der Waals surface area (Å²) in [5.41, 5.74) is 6.81. The van der Waals surface area contributed by atoms with Crippen LogP contribution in [-0.2, 0) is 4.79 Å². The number of hydrogen-bond donors (Lipinski definition) is 3. The highest BCUT2D eigenvalue weighted by Crippen LogP contribution is 2.36. The molecule has 4 N–H and O–H groups in total. The molecule has 0 saturated carbocycles. The highest BCUT2D eigenvalue weighted by Gasteiger charge is 2.17. The van der Waals surface area contributed by atoms with Crippen LogP contribution in [0.15, 0.2) is 12.1 Å². The molecule has 0 fully saturated rings. The van der Waals surface area contributed by atoms with E-state index >= 15 is 0 Å². The topological polar surface area (TPSA) is 76.4 Å². The summed E-state index contributed by atoms with van der Waals surface area (Å²) >= 11 is 6.09. The zero-order valence-electron chi connectivity index (χ0n) is 9.25. The molecule has 0 radical (unpaired) electrons. The van der Waals surface area contributed by atoms with Crippen molar-refractivity contribution in [3.05, 3.63) is 17.2 Å². The summed E-state index contributed by atoms with van der Waals surface area (Å²) in [4.78, 5) is 11.1. The largest absolute Gasteiger partial charge is 0.482 e. The number of anilines is 2. The lowest BCUT2D eigenvalue weighted by Gasteiger charge is -2.19. The van der Waals surface area contributed by atoms with Gasteiger partial charge in [0.2, 0.25) is 0 Å². The van der Waals surface area contributed by atoms with Crippen LogP contribution in [0.5, 0.6) is 5.75 Å². The van der Waals surface area contributed by atoms with Crippen molar-refractivity contribution in [2.45, 2.75) is 6.42 Å². The Labute approximate surface area is 104 Å². The lowest BCUT2D eigenvalue weighted by Crippen LogP contribution is -2.25. The lowest BCUT2D eigenvalue weighted by molar-refractivity contribution is -0.118. The van der Waals surface area contributed by atoms with E-state index in [0.29, 0.717) is 23.0 Å². The van der Waals surface area contributed by atoms with Crippen LogP contribution < -0.4 is 21.1 Å². The number of fused-ring (bicyclic) bond motifs is 1. The number of benzene rings is 1. The van der Waals surface area contributed by atoms with E-state index in [-0.39, 0.29) is 12.5 Å². The molecule has 0 spiro atoms. The van der Waals surface area contributed by atoms with Gasteiger partial charge in [0.25, 0.3) is 5.91 Å². The van der Waals surface area contributed by atoms with Crippen molar-refractivity contribution in [3.8, 4) is 5.75 Å². The van der Waals surface area contributed by atoms with Crippen LogP contribution in [0.25, 0.3) is 0 Å². The van der Waals surface area contributed by atoms with Crippen LogP contribution in [0, 0.1) is 0 Å². The average molecular weight is 256 g/mol. The van der Waals surface area contributed by atoms with Crippen LogP contribution in [0.3, 0.4) is 0 Å². The zero-order chi connectivity index (χ0) is 12.3. The molecule has 1 aromatic rings. The molecule has 1 aliphatic rings. The number of nitrogens with two attached hydrogens (primary N) is 1. The normalized spacial score (nSPS) is 13.6. The second kappa shape index (κ2) is 5.25. The third-order valence-corrected chi connectivity index (χ3v) is 2.71. The maximum absolute atomic E-state index is 11.1. The summed E-state index contributed by atoms with van der Waals surface area (Å²) < 4.78 is 5.30. The van der Waals surface area contributed by atoms with Crippen molar-refractivity contribution in [3.63, 3.8) is 0 Å². The SMILES string of the molecule is NCCCNc1cc2c(cc1Cl)NC(=O)CO2. The van der Waals surface area contributed by atoms with E-state index in [1.807, 2.05) is 0 Å². The maximum Gasteiger partial charge on any atom is 0.262 e. The van der Waals surface area contributed by atoms with Gasteiger partial charge < -0.3 is 21.1 Å². The molecule has 0 saturated heterocycles. The lowest BCUT2D eigenvalue weighted by atomic mass is 10.2. The summed E-state index contributed by atoms with van der Waals surface area (Å²) in [6.07, 6.45) is 0.866. The molecule has 1 aromatic carbocycles. The van der Waals surface area contributed by atoms with E-state index in [2.05, 4.69) is 10.6 Å². The van der Waals surface area contributed by atoms with Crippen LogP contribution in [0.4, 0.5) is 11.4 Å². The van der Waals surface area contributed by atoms with Gasteiger partial charge in [-0.25, -0.2) is 0 Å². The first-order valence-electron chi connectivity index (χ1n) is 5.41. The second-order valence-electron chi connectivity index (χ2n) is 3.73. The number of carbonyl (C=O) groups excluding carboxylic acids is 1. The van der Waals surface area contributed by atoms with E-state index in [4.69, 9.17) is 22.1 Å². The van der Waals surface area contributed by atoms with Gasteiger partial charge in [0, 0.05) is 12.6 Å². The first-order chi connectivity index (χ1) is 8.20. The summed E-state index contributed by atoms with van der Waals surface area (Å²) in [5, 5.41) is 6.42. The molecule has 92 valence electrons. The molecule has 1 aliphatic heterocycles. The molecule has 0 aromatic heterocycles. The number of hydrogen-bond acceptors (Lipinski definition) is 4. The Hall–Kier alpha value is -1.46. The molecule has 17 heavy (non-hydrogen) atoms. The molecule has 0 aliphatic carbocycles. The predicted molar refractivity (Wildman–Crippen MR) is 67.7 cm³/mol. The number of ether oxygens (including phenoxy) is 1. The Kier molecular flexibility index (Phi) is 3.71. The number of halogens is 1. The van der Waals surface area contributed by atoms with E-state index < -0.39 is 0 Å². The molecular formula is C11H14ClN3O2.